The number of aliphatic hydroxyl groups is 1. The van der Waals surface area contributed by atoms with Gasteiger partial charge in [0.25, 0.3) is 0 Å². The molecule has 3 N–H and O–H groups in total. The Balaban J connectivity index is 2.74. The fraction of sp³-hybridized carbons (Fsp3) is 0.714. The van der Waals surface area contributed by atoms with E-state index in [9.17, 15) is 19.8 Å². The third kappa shape index (κ3) is 5.61. The molecule has 0 aromatic heterocycles. The van der Waals surface area contributed by atoms with Gasteiger partial charge in [0.2, 0.25) is 0 Å². The van der Waals surface area contributed by atoms with Gasteiger partial charge < -0.3 is 20.3 Å². The van der Waals surface area contributed by atoms with Crippen molar-refractivity contribution in [3.63, 3.8) is 0 Å². The average Bonchev–Trinajstić information content (AvgIpc) is 2.22. The van der Waals surface area contributed by atoms with Gasteiger partial charge in [-0.15, -0.1) is 0 Å². The van der Waals surface area contributed by atoms with Gasteiger partial charge in [-0.25, -0.2) is 4.79 Å². The molecule has 0 saturated heterocycles. The van der Waals surface area contributed by atoms with Crippen LogP contribution in [0.15, 0.2) is 12.2 Å². The molecule has 1 aliphatic carbocycles. The number of carbonyl (C=O) groups is 2. The van der Waals surface area contributed by atoms with Crippen LogP contribution >= 0.6 is 0 Å². The second kappa shape index (κ2) is 6.74. The standard InChI is InChI=1S/C14H23NO5/c1-14(2,3)20-13(19)15-11-6-4-5-9(16)7-8-10(11)12(17)18/h4-5,9-11,16H,6-8H2,1-3H3,(H,15,19)(H,17,18)/b5-4-/t9-,10+,11-/m0/s1. The summed E-state index contributed by atoms with van der Waals surface area (Å²) in [6.45, 7) is 5.24. The normalized spacial score (nSPS) is 28.9. The minimum absolute atomic E-state index is 0.307. The lowest BCUT2D eigenvalue weighted by Crippen LogP contribution is -2.45. The topological polar surface area (TPSA) is 95.9 Å². The number of amides is 1. The fourth-order valence-electron chi connectivity index (χ4n) is 2.11. The van der Waals surface area contributed by atoms with Crippen LogP contribution in [0.3, 0.4) is 0 Å². The number of aliphatic carboxylic acids is 1. The molecule has 0 spiro atoms. The summed E-state index contributed by atoms with van der Waals surface area (Å²) in [6.07, 6.45) is 3.10. The van der Waals surface area contributed by atoms with Crippen molar-refractivity contribution in [1.29, 1.82) is 0 Å². The zero-order valence-corrected chi connectivity index (χ0v) is 12.1. The van der Waals surface area contributed by atoms with Crippen molar-refractivity contribution in [1.82, 2.24) is 5.32 Å². The minimum Gasteiger partial charge on any atom is -0.481 e. The molecule has 0 radical (unpaired) electrons. The number of carboxylic acid groups (broad SMARTS) is 1. The maximum Gasteiger partial charge on any atom is 0.407 e. The predicted octanol–water partition coefficient (Wildman–Crippen LogP) is 1.68. The molecular weight excluding hydrogens is 262 g/mol. The highest BCUT2D eigenvalue weighted by atomic mass is 16.6. The molecule has 3 atom stereocenters. The van der Waals surface area contributed by atoms with E-state index in [1.54, 1.807) is 32.9 Å². The monoisotopic (exact) mass is 285 g/mol. The van der Waals surface area contributed by atoms with Gasteiger partial charge in [0.15, 0.2) is 0 Å². The van der Waals surface area contributed by atoms with E-state index in [0.29, 0.717) is 19.3 Å². The molecule has 0 saturated carbocycles. The van der Waals surface area contributed by atoms with E-state index in [0.717, 1.165) is 0 Å². The minimum atomic E-state index is -0.978. The van der Waals surface area contributed by atoms with E-state index in [2.05, 4.69) is 5.32 Å². The van der Waals surface area contributed by atoms with E-state index >= 15 is 0 Å². The van der Waals surface area contributed by atoms with Crippen LogP contribution in [0, 0.1) is 5.92 Å². The molecular formula is C14H23NO5. The summed E-state index contributed by atoms with van der Waals surface area (Å²) in [7, 11) is 0. The molecule has 1 rings (SSSR count). The molecule has 0 aromatic carbocycles. The quantitative estimate of drug-likeness (QED) is 0.671. The van der Waals surface area contributed by atoms with Gasteiger partial charge in [0.05, 0.1) is 12.0 Å². The Morgan fingerprint density at radius 3 is 2.50 bits per heavy atom. The number of hydrogen-bond acceptors (Lipinski definition) is 4. The number of hydrogen-bond donors (Lipinski definition) is 3. The van der Waals surface area contributed by atoms with Crippen molar-refractivity contribution in [2.45, 2.75) is 57.8 Å². The van der Waals surface area contributed by atoms with Gasteiger partial charge in [-0.05, 0) is 40.0 Å². The molecule has 1 aliphatic rings. The van der Waals surface area contributed by atoms with Crippen LogP contribution < -0.4 is 5.32 Å². The number of rotatable bonds is 2. The number of carbonyl (C=O) groups excluding carboxylic acids is 1. The first kappa shape index (κ1) is 16.5. The molecule has 20 heavy (non-hydrogen) atoms. The highest BCUT2D eigenvalue weighted by Gasteiger charge is 2.31. The van der Waals surface area contributed by atoms with Gasteiger partial charge >= 0.3 is 12.1 Å². The maximum atomic E-state index is 11.8. The number of aliphatic hydroxyl groups excluding tert-OH is 1. The van der Waals surface area contributed by atoms with Crippen LogP contribution in [0.4, 0.5) is 4.79 Å². The Labute approximate surface area is 118 Å². The van der Waals surface area contributed by atoms with Crippen LogP contribution in [-0.2, 0) is 9.53 Å². The summed E-state index contributed by atoms with van der Waals surface area (Å²) in [6, 6.07) is -0.536. The lowest BCUT2D eigenvalue weighted by atomic mass is 9.89. The largest absolute Gasteiger partial charge is 0.481 e. The lowest BCUT2D eigenvalue weighted by molar-refractivity contribution is -0.143. The summed E-state index contributed by atoms with van der Waals surface area (Å²) in [5, 5.41) is 21.4. The Hall–Kier alpha value is -1.56. The maximum absolute atomic E-state index is 11.8. The first-order valence-corrected chi connectivity index (χ1v) is 6.76. The highest BCUT2D eigenvalue weighted by Crippen LogP contribution is 2.21. The molecule has 0 aliphatic heterocycles. The molecule has 0 aromatic rings. The van der Waals surface area contributed by atoms with Crippen molar-refractivity contribution in [3.05, 3.63) is 12.2 Å². The highest BCUT2D eigenvalue weighted by molar-refractivity contribution is 5.73. The smallest absolute Gasteiger partial charge is 0.407 e. The summed E-state index contributed by atoms with van der Waals surface area (Å²) in [4.78, 5) is 23.1. The van der Waals surface area contributed by atoms with Crippen LogP contribution in [0.25, 0.3) is 0 Å². The summed E-state index contributed by atoms with van der Waals surface area (Å²) in [5.74, 6) is -1.71. The van der Waals surface area contributed by atoms with Gasteiger partial charge in [-0.3, -0.25) is 4.79 Å². The third-order valence-electron chi connectivity index (χ3n) is 3.03. The molecule has 0 unspecified atom stereocenters. The van der Waals surface area contributed by atoms with Crippen molar-refractivity contribution in [2.75, 3.05) is 0 Å². The van der Waals surface area contributed by atoms with Gasteiger partial charge in [0.1, 0.15) is 5.60 Å². The van der Waals surface area contributed by atoms with Crippen LogP contribution in [0.5, 0.6) is 0 Å². The molecule has 6 nitrogen and oxygen atoms in total. The van der Waals surface area contributed by atoms with E-state index in [-0.39, 0.29) is 0 Å². The fourth-order valence-corrected chi connectivity index (χ4v) is 2.11. The molecule has 0 bridgehead atoms. The van der Waals surface area contributed by atoms with Crippen LogP contribution in [0.2, 0.25) is 0 Å². The van der Waals surface area contributed by atoms with E-state index in [4.69, 9.17) is 4.74 Å². The first-order chi connectivity index (χ1) is 9.19. The first-order valence-electron chi connectivity index (χ1n) is 6.76. The van der Waals surface area contributed by atoms with Crippen molar-refractivity contribution < 1.29 is 24.5 Å². The Bertz CT molecular complexity index is 386. The average molecular weight is 285 g/mol. The van der Waals surface area contributed by atoms with E-state index in [1.165, 1.54) is 0 Å². The Kier molecular flexibility index (Phi) is 5.56. The van der Waals surface area contributed by atoms with E-state index < -0.39 is 35.7 Å². The Morgan fingerprint density at radius 1 is 1.30 bits per heavy atom. The molecule has 0 heterocycles. The molecule has 114 valence electrons. The van der Waals surface area contributed by atoms with Crippen LogP contribution in [-0.4, -0.2) is 40.0 Å². The number of ether oxygens (including phenoxy) is 1. The number of nitrogens with one attached hydrogen (secondary N) is 1. The zero-order chi connectivity index (χ0) is 15.3. The molecule has 6 heteroatoms. The Morgan fingerprint density at radius 2 is 1.95 bits per heavy atom. The number of alkyl carbamates (subject to hydrolysis) is 1. The van der Waals surface area contributed by atoms with Crippen molar-refractivity contribution >= 4 is 12.1 Å². The summed E-state index contributed by atoms with van der Waals surface area (Å²) >= 11 is 0. The summed E-state index contributed by atoms with van der Waals surface area (Å²) < 4.78 is 5.15. The van der Waals surface area contributed by atoms with E-state index in [1.807, 2.05) is 0 Å². The molecule has 0 fully saturated rings. The van der Waals surface area contributed by atoms with Crippen molar-refractivity contribution in [3.8, 4) is 0 Å². The zero-order valence-electron chi connectivity index (χ0n) is 12.1. The molecule has 1 amide bonds. The lowest BCUT2D eigenvalue weighted by Gasteiger charge is -2.28. The summed E-state index contributed by atoms with van der Waals surface area (Å²) in [5.41, 5.74) is -0.629. The van der Waals surface area contributed by atoms with Gasteiger partial charge in [-0.2, -0.15) is 0 Å². The van der Waals surface area contributed by atoms with Crippen molar-refractivity contribution in [2.24, 2.45) is 5.92 Å². The second-order valence-electron chi connectivity index (χ2n) is 6.01. The third-order valence-corrected chi connectivity index (χ3v) is 3.03. The van der Waals surface area contributed by atoms with Crippen LogP contribution in [0.1, 0.15) is 40.0 Å². The second-order valence-corrected chi connectivity index (χ2v) is 6.01. The predicted molar refractivity (Wildman–Crippen MR) is 73.3 cm³/mol. The number of carboxylic acids is 1. The van der Waals surface area contributed by atoms with Gasteiger partial charge in [-0.1, -0.05) is 12.2 Å². The SMILES string of the molecule is CC(C)(C)OC(=O)N[C@H]1C/C=C\[C@H](O)CC[C@H]1C(=O)O. The van der Waals surface area contributed by atoms with Gasteiger partial charge in [0, 0.05) is 6.04 Å².